The molecule has 0 spiro atoms. The molecule has 5 saturated heterocycles. The van der Waals surface area contributed by atoms with Gasteiger partial charge in [0.25, 0.3) is 0 Å². The molecule has 5 heterocycles. The van der Waals surface area contributed by atoms with E-state index in [9.17, 15) is 0 Å². The van der Waals surface area contributed by atoms with E-state index >= 15 is 0 Å². The highest BCUT2D eigenvalue weighted by atomic mass is 16.5. The first-order chi connectivity index (χ1) is 23.4. The van der Waals surface area contributed by atoms with Gasteiger partial charge in [0.05, 0.1) is 25.4 Å². The van der Waals surface area contributed by atoms with E-state index in [1.807, 2.05) is 0 Å². The molecule has 300 valence electrons. The fraction of sp³-hybridized carbons (Fsp3) is 1.00. The molecule has 8 heteroatoms. The van der Waals surface area contributed by atoms with E-state index in [4.69, 9.17) is 9.47 Å². The standard InChI is InChI=1S/C10H22N2.C10H21NO.C8H17N.C7H15NO.C7H15N/c1-9(2)12-7-5-10(6-8-12)11(3)4;1-8-6-11(10(3,4)5)7-9(2)12-8;1-8(2)9-6-4-3-5-7-9;1-7(2)8-3-5-9-6-4-8;1-7(2)8-5-3-4-6-8/h9-10H,5-8H2,1-4H3;8-9H,6-7H2,1-5H3;8H,3-7H2,1-2H3;7H,3-6H2,1-2H3;7H,3-6H2,1-2H3. The Bertz CT molecular complexity index is 743. The molecule has 5 rings (SSSR count). The van der Waals surface area contributed by atoms with Crippen molar-refractivity contribution in [2.75, 3.05) is 92.8 Å². The van der Waals surface area contributed by atoms with E-state index in [1.165, 1.54) is 84.2 Å². The fourth-order valence-corrected chi connectivity index (χ4v) is 7.43. The third-order valence-electron chi connectivity index (χ3n) is 11.1. The van der Waals surface area contributed by atoms with Crippen molar-refractivity contribution in [3.05, 3.63) is 0 Å². The van der Waals surface area contributed by atoms with Gasteiger partial charge in [-0.1, -0.05) is 6.42 Å². The number of ether oxygens (including phenoxy) is 2. The second-order valence-electron chi connectivity index (χ2n) is 17.9. The summed E-state index contributed by atoms with van der Waals surface area (Å²) in [5.41, 5.74) is 0.284. The number of rotatable bonds is 5. The molecule has 0 aliphatic carbocycles. The minimum absolute atomic E-state index is 0.284. The van der Waals surface area contributed by atoms with Crippen LogP contribution in [0.1, 0.15) is 135 Å². The summed E-state index contributed by atoms with van der Waals surface area (Å²) >= 11 is 0. The van der Waals surface area contributed by atoms with Gasteiger partial charge in [-0.05, 0) is 182 Å². The van der Waals surface area contributed by atoms with Crippen molar-refractivity contribution in [1.29, 1.82) is 0 Å². The van der Waals surface area contributed by atoms with Crippen LogP contribution >= 0.6 is 0 Å². The first kappa shape index (κ1) is 47.7. The van der Waals surface area contributed by atoms with Crippen LogP contribution < -0.4 is 0 Å². The lowest BCUT2D eigenvalue weighted by Gasteiger charge is -2.43. The third-order valence-corrected chi connectivity index (χ3v) is 11.1. The van der Waals surface area contributed by atoms with Crippen LogP contribution in [-0.4, -0.2) is 170 Å². The van der Waals surface area contributed by atoms with Gasteiger partial charge in [-0.3, -0.25) is 9.80 Å². The Morgan fingerprint density at radius 2 is 0.860 bits per heavy atom. The fourth-order valence-electron chi connectivity index (χ4n) is 7.43. The minimum atomic E-state index is 0.284. The molecule has 0 amide bonds. The largest absolute Gasteiger partial charge is 0.379 e. The Morgan fingerprint density at radius 3 is 1.16 bits per heavy atom. The average Bonchev–Trinajstić information content (AvgIpc) is 3.62. The molecule has 50 heavy (non-hydrogen) atoms. The van der Waals surface area contributed by atoms with Gasteiger partial charge in [0, 0.05) is 61.9 Å². The molecule has 5 aliphatic heterocycles. The molecular formula is C42H90N6O2. The van der Waals surface area contributed by atoms with Crippen molar-refractivity contribution in [2.24, 2.45) is 0 Å². The van der Waals surface area contributed by atoms with Crippen molar-refractivity contribution in [3.8, 4) is 0 Å². The highest BCUT2D eigenvalue weighted by molar-refractivity contribution is 4.83. The first-order valence-electron chi connectivity index (χ1n) is 21.0. The lowest BCUT2D eigenvalue weighted by atomic mass is 10.0. The van der Waals surface area contributed by atoms with E-state index in [1.54, 1.807) is 0 Å². The van der Waals surface area contributed by atoms with Crippen molar-refractivity contribution < 1.29 is 9.47 Å². The summed E-state index contributed by atoms with van der Waals surface area (Å²) < 4.78 is 10.9. The van der Waals surface area contributed by atoms with Gasteiger partial charge < -0.3 is 29.1 Å². The Labute approximate surface area is 313 Å². The maximum absolute atomic E-state index is 5.67. The van der Waals surface area contributed by atoms with Crippen LogP contribution in [-0.2, 0) is 9.47 Å². The average molecular weight is 711 g/mol. The number of nitrogens with zero attached hydrogens (tertiary/aromatic N) is 6. The molecule has 0 radical (unpaired) electrons. The summed E-state index contributed by atoms with van der Waals surface area (Å²) in [5.74, 6) is 0. The van der Waals surface area contributed by atoms with Crippen molar-refractivity contribution in [2.45, 2.75) is 183 Å². The molecule has 5 aliphatic rings. The predicted octanol–water partition coefficient (Wildman–Crippen LogP) is 7.41. The van der Waals surface area contributed by atoms with Crippen LogP contribution in [0.5, 0.6) is 0 Å². The molecule has 5 fully saturated rings. The quantitative estimate of drug-likeness (QED) is 0.292. The number of likely N-dealkylation sites (tertiary alicyclic amines) is 3. The number of morpholine rings is 2. The second kappa shape index (κ2) is 25.7. The zero-order chi connectivity index (χ0) is 37.9. The summed E-state index contributed by atoms with van der Waals surface area (Å²) in [6, 6.07) is 3.78. The number of hydrogen-bond acceptors (Lipinski definition) is 8. The van der Waals surface area contributed by atoms with E-state index in [2.05, 4.69) is 134 Å². The topological polar surface area (TPSA) is 37.9 Å². The molecule has 8 nitrogen and oxygen atoms in total. The normalized spacial score (nSPS) is 25.4. The highest BCUT2D eigenvalue weighted by Crippen LogP contribution is 2.20. The van der Waals surface area contributed by atoms with E-state index < -0.39 is 0 Å². The van der Waals surface area contributed by atoms with Crippen LogP contribution in [0.15, 0.2) is 0 Å². The summed E-state index contributed by atoms with van der Waals surface area (Å²) in [5, 5.41) is 0. The minimum Gasteiger partial charge on any atom is -0.379 e. The Morgan fingerprint density at radius 1 is 0.520 bits per heavy atom. The van der Waals surface area contributed by atoms with Gasteiger partial charge >= 0.3 is 0 Å². The van der Waals surface area contributed by atoms with Crippen molar-refractivity contribution in [3.63, 3.8) is 0 Å². The summed E-state index contributed by atoms with van der Waals surface area (Å²) in [6.45, 7) is 43.3. The molecule has 2 atom stereocenters. The Balaban J connectivity index is 0.000000315. The Hall–Kier alpha value is -0.320. The molecule has 0 aromatic carbocycles. The summed E-state index contributed by atoms with van der Waals surface area (Å²) in [4.78, 5) is 14.9. The molecule has 0 N–H and O–H groups in total. The maximum Gasteiger partial charge on any atom is 0.0678 e. The van der Waals surface area contributed by atoms with Gasteiger partial charge in [0.15, 0.2) is 0 Å². The molecule has 0 aromatic heterocycles. The molecule has 0 bridgehead atoms. The van der Waals surface area contributed by atoms with Crippen LogP contribution in [0.2, 0.25) is 0 Å². The van der Waals surface area contributed by atoms with Crippen molar-refractivity contribution in [1.82, 2.24) is 29.4 Å². The molecule has 0 aromatic rings. The first-order valence-corrected chi connectivity index (χ1v) is 21.0. The molecule has 2 unspecified atom stereocenters. The SMILES string of the molecule is CC(C)N1CCC(N(C)C)CC1.CC(C)N1CCCC1.CC(C)N1CCCCC1.CC(C)N1CCOCC1.CC1CN(C(C)(C)C)CC(C)O1. The van der Waals surface area contributed by atoms with Gasteiger partial charge in [-0.15, -0.1) is 0 Å². The third kappa shape index (κ3) is 20.8. The van der Waals surface area contributed by atoms with E-state index in [-0.39, 0.29) is 5.54 Å². The summed E-state index contributed by atoms with van der Waals surface area (Å²) in [6.07, 6.45) is 10.5. The zero-order valence-electron chi connectivity index (χ0n) is 36.5. The lowest BCUT2D eigenvalue weighted by Crippen LogP contribution is -2.53. The lowest BCUT2D eigenvalue weighted by molar-refractivity contribution is -0.0924. The van der Waals surface area contributed by atoms with Gasteiger partial charge in [0.1, 0.15) is 0 Å². The number of piperidine rings is 2. The van der Waals surface area contributed by atoms with Gasteiger partial charge in [-0.25, -0.2) is 0 Å². The number of hydrogen-bond donors (Lipinski definition) is 0. The summed E-state index contributed by atoms with van der Waals surface area (Å²) in [7, 11) is 4.38. The zero-order valence-corrected chi connectivity index (χ0v) is 36.5. The predicted molar refractivity (Wildman–Crippen MR) is 219 cm³/mol. The van der Waals surface area contributed by atoms with Crippen LogP contribution in [0.3, 0.4) is 0 Å². The van der Waals surface area contributed by atoms with E-state index in [0.29, 0.717) is 18.2 Å². The van der Waals surface area contributed by atoms with Crippen LogP contribution in [0.4, 0.5) is 0 Å². The van der Waals surface area contributed by atoms with Gasteiger partial charge in [-0.2, -0.15) is 0 Å². The van der Waals surface area contributed by atoms with Crippen LogP contribution in [0.25, 0.3) is 0 Å². The van der Waals surface area contributed by atoms with Crippen molar-refractivity contribution >= 4 is 0 Å². The van der Waals surface area contributed by atoms with E-state index in [0.717, 1.165) is 63.6 Å². The maximum atomic E-state index is 5.67. The molecular weight excluding hydrogens is 621 g/mol. The highest BCUT2D eigenvalue weighted by Gasteiger charge is 2.29. The van der Waals surface area contributed by atoms with Gasteiger partial charge in [0.2, 0.25) is 0 Å². The Kier molecular flexibility index (Phi) is 24.5. The van der Waals surface area contributed by atoms with Crippen LogP contribution in [0, 0.1) is 0 Å². The smallest absolute Gasteiger partial charge is 0.0678 e. The monoisotopic (exact) mass is 711 g/mol. The second-order valence-corrected chi connectivity index (χ2v) is 17.9. The molecule has 0 saturated carbocycles.